The number of carbonyl (C=O) groups excluding carboxylic acids is 1. The van der Waals surface area contributed by atoms with Gasteiger partial charge in [0.1, 0.15) is 5.76 Å². The van der Waals surface area contributed by atoms with Gasteiger partial charge in [-0.05, 0) is 41.8 Å². The number of benzene rings is 2. The highest BCUT2D eigenvalue weighted by Crippen LogP contribution is 2.29. The zero-order valence-electron chi connectivity index (χ0n) is 17.5. The highest BCUT2D eigenvalue weighted by Gasteiger charge is 2.20. The summed E-state index contributed by atoms with van der Waals surface area (Å²) >= 11 is 0. The molecule has 0 aliphatic rings. The minimum atomic E-state index is 0.134. The zero-order valence-corrected chi connectivity index (χ0v) is 17.5. The van der Waals surface area contributed by atoms with Crippen molar-refractivity contribution in [2.75, 3.05) is 25.5 Å². The third-order valence-corrected chi connectivity index (χ3v) is 5.26. The van der Waals surface area contributed by atoms with Crippen LogP contribution in [0.2, 0.25) is 0 Å². The number of rotatable bonds is 9. The molecule has 1 heterocycles. The molecule has 0 radical (unpaired) electrons. The Balaban J connectivity index is 1.74. The van der Waals surface area contributed by atoms with E-state index in [2.05, 4.69) is 41.3 Å². The van der Waals surface area contributed by atoms with Crippen LogP contribution in [0.3, 0.4) is 0 Å². The molecule has 0 bridgehead atoms. The summed E-state index contributed by atoms with van der Waals surface area (Å²) in [5.41, 5.74) is 3.51. The van der Waals surface area contributed by atoms with Crippen molar-refractivity contribution in [1.82, 2.24) is 4.90 Å². The first-order valence-corrected chi connectivity index (χ1v) is 10.2. The van der Waals surface area contributed by atoms with Crippen molar-refractivity contribution in [1.29, 1.82) is 0 Å². The predicted octanol–water partition coefficient (Wildman–Crippen LogP) is 5.31. The van der Waals surface area contributed by atoms with Crippen LogP contribution in [0, 0.1) is 0 Å². The highest BCUT2D eigenvalue weighted by atomic mass is 16.3. The summed E-state index contributed by atoms with van der Waals surface area (Å²) in [7, 11) is 4.06. The van der Waals surface area contributed by atoms with Gasteiger partial charge in [-0.25, -0.2) is 0 Å². The Hall–Kier alpha value is -3.01. The average molecular weight is 391 g/mol. The largest absolute Gasteiger partial charge is 0.469 e. The molecule has 2 aromatic carbocycles. The predicted molar refractivity (Wildman–Crippen MR) is 118 cm³/mol. The van der Waals surface area contributed by atoms with E-state index in [4.69, 9.17) is 4.42 Å². The molecule has 29 heavy (non-hydrogen) atoms. The molecule has 4 nitrogen and oxygen atoms in total. The van der Waals surface area contributed by atoms with Gasteiger partial charge in [0, 0.05) is 45.2 Å². The molecule has 1 amide bonds. The summed E-state index contributed by atoms with van der Waals surface area (Å²) in [6, 6.07) is 22.7. The van der Waals surface area contributed by atoms with Crippen LogP contribution in [0.25, 0.3) is 0 Å². The lowest BCUT2D eigenvalue weighted by molar-refractivity contribution is -0.131. The molecule has 1 aromatic heterocycles. The molecule has 0 saturated heterocycles. The average Bonchev–Trinajstić information content (AvgIpc) is 3.28. The molecule has 0 aliphatic carbocycles. The number of carbonyl (C=O) groups is 1. The lowest BCUT2D eigenvalue weighted by atomic mass is 9.93. The third kappa shape index (κ3) is 5.50. The van der Waals surface area contributed by atoms with Gasteiger partial charge >= 0.3 is 0 Å². The molecule has 0 fully saturated rings. The lowest BCUT2D eigenvalue weighted by Gasteiger charge is -2.25. The molecule has 3 aromatic rings. The molecule has 0 aliphatic heterocycles. The molecule has 152 valence electrons. The minimum absolute atomic E-state index is 0.134. The normalized spacial score (nSPS) is 11.8. The fourth-order valence-corrected chi connectivity index (χ4v) is 3.57. The Morgan fingerprint density at radius 2 is 1.69 bits per heavy atom. The third-order valence-electron chi connectivity index (χ3n) is 5.26. The minimum Gasteiger partial charge on any atom is -0.469 e. The first kappa shape index (κ1) is 20.7. The quantitative estimate of drug-likeness (QED) is 0.497. The Bertz CT molecular complexity index is 871. The first-order chi connectivity index (χ1) is 14.1. The van der Waals surface area contributed by atoms with E-state index in [-0.39, 0.29) is 11.8 Å². The maximum Gasteiger partial charge on any atom is 0.222 e. The Morgan fingerprint density at radius 3 is 2.28 bits per heavy atom. The monoisotopic (exact) mass is 390 g/mol. The van der Waals surface area contributed by atoms with E-state index in [0.29, 0.717) is 19.5 Å². The van der Waals surface area contributed by atoms with Crippen molar-refractivity contribution < 1.29 is 9.21 Å². The van der Waals surface area contributed by atoms with E-state index in [9.17, 15) is 4.79 Å². The summed E-state index contributed by atoms with van der Waals surface area (Å²) < 4.78 is 5.71. The van der Waals surface area contributed by atoms with Crippen LogP contribution in [0.5, 0.6) is 0 Å². The van der Waals surface area contributed by atoms with Gasteiger partial charge in [0.15, 0.2) is 0 Å². The number of nitrogens with zero attached hydrogens (tertiary/aromatic N) is 2. The Kier molecular flexibility index (Phi) is 7.12. The molecular formula is C25H30N2O2. The maximum absolute atomic E-state index is 12.6. The standard InChI is InChI=1S/C25H30N2O2/c1-4-25(28)27(19-20-12-14-22(15-13-20)26(2)3)17-16-23(24-11-8-18-29-24)21-9-6-5-7-10-21/h5-15,18,23H,4,16-17,19H2,1-3H3/t23-/m1/s1. The van der Waals surface area contributed by atoms with Crippen molar-refractivity contribution in [2.45, 2.75) is 32.2 Å². The summed E-state index contributed by atoms with van der Waals surface area (Å²) in [5.74, 6) is 1.25. The van der Waals surface area contributed by atoms with Crippen LogP contribution in [-0.2, 0) is 11.3 Å². The van der Waals surface area contributed by atoms with Crippen LogP contribution >= 0.6 is 0 Å². The van der Waals surface area contributed by atoms with Crippen LogP contribution in [-0.4, -0.2) is 31.4 Å². The van der Waals surface area contributed by atoms with Gasteiger partial charge in [0.2, 0.25) is 5.91 Å². The summed E-state index contributed by atoms with van der Waals surface area (Å²) in [5, 5.41) is 0. The number of anilines is 1. The Morgan fingerprint density at radius 1 is 0.966 bits per heavy atom. The van der Waals surface area contributed by atoms with Crippen LogP contribution in [0.15, 0.2) is 77.4 Å². The van der Waals surface area contributed by atoms with Crippen LogP contribution < -0.4 is 4.90 Å². The first-order valence-electron chi connectivity index (χ1n) is 10.2. The van der Waals surface area contributed by atoms with Gasteiger partial charge in [0.25, 0.3) is 0 Å². The molecule has 0 saturated carbocycles. The van der Waals surface area contributed by atoms with E-state index >= 15 is 0 Å². The number of hydrogen-bond acceptors (Lipinski definition) is 3. The van der Waals surface area contributed by atoms with E-state index < -0.39 is 0 Å². The van der Waals surface area contributed by atoms with Gasteiger partial charge in [-0.3, -0.25) is 4.79 Å². The molecule has 3 rings (SSSR count). The fraction of sp³-hybridized carbons (Fsp3) is 0.320. The highest BCUT2D eigenvalue weighted by molar-refractivity contribution is 5.75. The van der Waals surface area contributed by atoms with E-state index in [1.165, 1.54) is 5.56 Å². The second-order valence-electron chi connectivity index (χ2n) is 7.50. The smallest absolute Gasteiger partial charge is 0.222 e. The second-order valence-corrected chi connectivity index (χ2v) is 7.50. The fourth-order valence-electron chi connectivity index (χ4n) is 3.57. The molecule has 0 spiro atoms. The molecular weight excluding hydrogens is 360 g/mol. The summed E-state index contributed by atoms with van der Waals surface area (Å²) in [6.45, 7) is 3.23. The van der Waals surface area contributed by atoms with Gasteiger partial charge < -0.3 is 14.2 Å². The van der Waals surface area contributed by atoms with Crippen molar-refractivity contribution >= 4 is 11.6 Å². The SMILES string of the molecule is CCC(=O)N(CC[C@H](c1ccccc1)c1ccco1)Cc1ccc(N(C)C)cc1. The van der Waals surface area contributed by atoms with Gasteiger partial charge in [-0.15, -0.1) is 0 Å². The second kappa shape index (κ2) is 9.97. The van der Waals surface area contributed by atoms with E-state index in [1.807, 2.05) is 56.3 Å². The van der Waals surface area contributed by atoms with Crippen molar-refractivity contribution in [3.8, 4) is 0 Å². The van der Waals surface area contributed by atoms with E-state index in [0.717, 1.165) is 23.4 Å². The Labute approximate surface area is 173 Å². The molecule has 1 atom stereocenters. The van der Waals surface area contributed by atoms with Crippen LogP contribution in [0.4, 0.5) is 5.69 Å². The number of furan rings is 1. The molecule has 0 N–H and O–H groups in total. The topological polar surface area (TPSA) is 36.7 Å². The number of hydrogen-bond donors (Lipinski definition) is 0. The summed E-state index contributed by atoms with van der Waals surface area (Å²) in [4.78, 5) is 16.7. The van der Waals surface area contributed by atoms with Gasteiger partial charge in [0.05, 0.1) is 6.26 Å². The van der Waals surface area contributed by atoms with Crippen molar-refractivity contribution in [2.24, 2.45) is 0 Å². The maximum atomic E-state index is 12.6. The van der Waals surface area contributed by atoms with E-state index in [1.54, 1.807) is 6.26 Å². The van der Waals surface area contributed by atoms with Crippen LogP contribution in [0.1, 0.15) is 42.6 Å². The summed E-state index contributed by atoms with van der Waals surface area (Å²) in [6.07, 6.45) is 3.04. The van der Waals surface area contributed by atoms with Crippen molar-refractivity contribution in [3.63, 3.8) is 0 Å². The molecule has 4 heteroatoms. The number of amides is 1. The molecule has 0 unspecified atom stereocenters. The van der Waals surface area contributed by atoms with Gasteiger partial charge in [-0.1, -0.05) is 49.4 Å². The van der Waals surface area contributed by atoms with Crippen molar-refractivity contribution in [3.05, 3.63) is 89.9 Å². The lowest BCUT2D eigenvalue weighted by Crippen LogP contribution is -2.31. The zero-order chi connectivity index (χ0) is 20.6. The van der Waals surface area contributed by atoms with Gasteiger partial charge in [-0.2, -0.15) is 0 Å².